The van der Waals surface area contributed by atoms with E-state index in [2.05, 4.69) is 25.8 Å². The number of hydrogen-bond donors (Lipinski definition) is 3. The molecule has 0 radical (unpaired) electrons. The zero-order valence-corrected chi connectivity index (χ0v) is 19.4. The topological polar surface area (TPSA) is 117 Å². The molecular weight excluding hydrogens is 426 g/mol. The molecule has 3 rings (SSSR count). The molecule has 8 nitrogen and oxygen atoms in total. The van der Waals surface area contributed by atoms with Gasteiger partial charge in [0.1, 0.15) is 0 Å². The summed E-state index contributed by atoms with van der Waals surface area (Å²) in [6.07, 6.45) is 0. The van der Waals surface area contributed by atoms with Crippen molar-refractivity contribution in [1.29, 1.82) is 0 Å². The fourth-order valence-electron chi connectivity index (χ4n) is 3.08. The molecule has 1 unspecified atom stereocenters. The van der Waals surface area contributed by atoms with Gasteiger partial charge in [0.05, 0.1) is 10.9 Å². The summed E-state index contributed by atoms with van der Waals surface area (Å²) >= 11 is 1.11. The van der Waals surface area contributed by atoms with Crippen molar-refractivity contribution in [2.24, 2.45) is 0 Å². The van der Waals surface area contributed by atoms with Gasteiger partial charge >= 0.3 is 0 Å². The molecule has 0 bridgehead atoms. The molecule has 32 heavy (non-hydrogen) atoms. The van der Waals surface area contributed by atoms with E-state index in [4.69, 9.17) is 0 Å². The number of nitrogens with one attached hydrogen (secondary N) is 3. The maximum absolute atomic E-state index is 12.7. The Kier molecular flexibility index (Phi) is 7.09. The van der Waals surface area contributed by atoms with Gasteiger partial charge in [-0.05, 0) is 50.5 Å². The second kappa shape index (κ2) is 9.78. The van der Waals surface area contributed by atoms with Crippen molar-refractivity contribution in [2.45, 2.75) is 45.0 Å². The van der Waals surface area contributed by atoms with Crippen LogP contribution in [0.15, 0.2) is 46.3 Å². The first-order chi connectivity index (χ1) is 15.2. The number of para-hydroxylation sites is 1. The van der Waals surface area contributed by atoms with Crippen LogP contribution >= 0.6 is 11.8 Å². The molecule has 9 heteroatoms. The summed E-state index contributed by atoms with van der Waals surface area (Å²) < 4.78 is 0. The summed E-state index contributed by atoms with van der Waals surface area (Å²) in [5.74, 6) is -0.456. The van der Waals surface area contributed by atoms with Crippen LogP contribution in [0.5, 0.6) is 0 Å². The van der Waals surface area contributed by atoms with Crippen LogP contribution in [0, 0.1) is 20.8 Å². The van der Waals surface area contributed by atoms with E-state index in [0.717, 1.165) is 34.1 Å². The van der Waals surface area contributed by atoms with Crippen LogP contribution < -0.4 is 16.2 Å². The van der Waals surface area contributed by atoms with Gasteiger partial charge in [-0.2, -0.15) is 0 Å². The Labute approximate surface area is 190 Å². The Morgan fingerprint density at radius 1 is 1.03 bits per heavy atom. The number of rotatable bonds is 6. The van der Waals surface area contributed by atoms with Gasteiger partial charge in [0.15, 0.2) is 10.9 Å². The van der Waals surface area contributed by atoms with Crippen LogP contribution in [-0.4, -0.2) is 32.2 Å². The van der Waals surface area contributed by atoms with E-state index < -0.39 is 10.8 Å². The monoisotopic (exact) mass is 451 g/mol. The molecule has 1 atom stereocenters. The molecule has 166 valence electrons. The minimum Gasteiger partial charge on any atom is -0.325 e. The number of thioether (sulfide) groups is 1. The van der Waals surface area contributed by atoms with Gasteiger partial charge in [0, 0.05) is 18.2 Å². The van der Waals surface area contributed by atoms with Crippen molar-refractivity contribution in [3.8, 4) is 11.3 Å². The number of carbonyl (C=O) groups excluding carboxylic acids is 2. The molecule has 3 aromatic rings. The third-order valence-corrected chi connectivity index (χ3v) is 5.79. The van der Waals surface area contributed by atoms with Gasteiger partial charge in [0.2, 0.25) is 11.8 Å². The van der Waals surface area contributed by atoms with Crippen LogP contribution in [0.2, 0.25) is 0 Å². The van der Waals surface area contributed by atoms with Crippen molar-refractivity contribution >= 4 is 35.0 Å². The Bertz CT molecular complexity index is 1240. The molecule has 0 spiro atoms. The van der Waals surface area contributed by atoms with Crippen LogP contribution in [-0.2, 0) is 9.59 Å². The highest BCUT2D eigenvalue weighted by Crippen LogP contribution is 2.28. The molecule has 0 aliphatic rings. The first kappa shape index (κ1) is 23.2. The summed E-state index contributed by atoms with van der Waals surface area (Å²) in [7, 11) is 0. The summed E-state index contributed by atoms with van der Waals surface area (Å²) in [6.45, 7) is 8.84. The number of H-pyrrole nitrogens is 1. The van der Waals surface area contributed by atoms with E-state index in [-0.39, 0.29) is 22.7 Å². The fourth-order valence-corrected chi connectivity index (χ4v) is 3.82. The molecular formula is C23H25N5O3S. The molecule has 2 aromatic carbocycles. The van der Waals surface area contributed by atoms with Crippen molar-refractivity contribution < 1.29 is 9.59 Å². The number of aryl methyl sites for hydroxylation is 3. The van der Waals surface area contributed by atoms with E-state index in [1.807, 2.05) is 45.0 Å². The first-order valence-electron chi connectivity index (χ1n) is 10.0. The van der Waals surface area contributed by atoms with Crippen LogP contribution in [0.1, 0.15) is 30.5 Å². The summed E-state index contributed by atoms with van der Waals surface area (Å²) in [5.41, 5.74) is 4.19. The average molecular weight is 452 g/mol. The lowest BCUT2D eigenvalue weighted by Gasteiger charge is -2.14. The number of anilines is 2. The standard InChI is InChI=1S/C23H25N5O3S/c1-12-9-10-13(2)18(11-12)25-21(30)15(4)32-23-26-22(31)20(27-28-23)17-8-6-7-14(3)19(17)24-16(5)29/h6-11,15H,1-5H3,(H,24,29)(H,25,30)(H,26,28,31). The number of aromatic nitrogens is 3. The Morgan fingerprint density at radius 2 is 1.78 bits per heavy atom. The Morgan fingerprint density at radius 3 is 2.47 bits per heavy atom. The second-order valence-electron chi connectivity index (χ2n) is 7.55. The zero-order valence-electron chi connectivity index (χ0n) is 18.6. The minimum atomic E-state index is -0.514. The molecule has 0 saturated carbocycles. The normalized spacial score (nSPS) is 11.7. The molecule has 0 saturated heterocycles. The highest BCUT2D eigenvalue weighted by atomic mass is 32.2. The van der Waals surface area contributed by atoms with Crippen LogP contribution in [0.3, 0.4) is 0 Å². The molecule has 3 N–H and O–H groups in total. The van der Waals surface area contributed by atoms with Crippen molar-refractivity contribution in [3.63, 3.8) is 0 Å². The number of nitrogens with zero attached hydrogens (tertiary/aromatic N) is 2. The number of amides is 2. The van der Waals surface area contributed by atoms with E-state index in [0.29, 0.717) is 11.3 Å². The van der Waals surface area contributed by atoms with Crippen LogP contribution in [0.4, 0.5) is 11.4 Å². The lowest BCUT2D eigenvalue weighted by molar-refractivity contribution is -0.115. The van der Waals surface area contributed by atoms with Crippen molar-refractivity contribution in [1.82, 2.24) is 15.2 Å². The summed E-state index contributed by atoms with van der Waals surface area (Å²) in [5, 5.41) is 13.5. The van der Waals surface area contributed by atoms with Gasteiger partial charge in [-0.15, -0.1) is 10.2 Å². The third-order valence-electron chi connectivity index (χ3n) is 4.81. The van der Waals surface area contributed by atoms with Gasteiger partial charge in [-0.3, -0.25) is 19.4 Å². The maximum Gasteiger partial charge on any atom is 0.278 e. The van der Waals surface area contributed by atoms with Gasteiger partial charge in [-0.25, -0.2) is 0 Å². The zero-order chi connectivity index (χ0) is 23.4. The summed E-state index contributed by atoms with van der Waals surface area (Å²) in [4.78, 5) is 39.6. The maximum atomic E-state index is 12.7. The minimum absolute atomic E-state index is 0.0919. The van der Waals surface area contributed by atoms with Gasteiger partial charge in [-0.1, -0.05) is 42.1 Å². The van der Waals surface area contributed by atoms with E-state index >= 15 is 0 Å². The highest BCUT2D eigenvalue weighted by Gasteiger charge is 2.19. The van der Waals surface area contributed by atoms with E-state index in [1.165, 1.54) is 6.92 Å². The van der Waals surface area contributed by atoms with Gasteiger partial charge < -0.3 is 10.6 Å². The van der Waals surface area contributed by atoms with Crippen molar-refractivity contribution in [3.05, 3.63) is 63.4 Å². The van der Waals surface area contributed by atoms with Crippen LogP contribution in [0.25, 0.3) is 11.3 Å². The molecule has 0 fully saturated rings. The number of benzene rings is 2. The SMILES string of the molecule is CC(=O)Nc1c(C)cccc1-c1nnc(SC(C)C(=O)Nc2cc(C)ccc2C)[nH]c1=O. The quantitative estimate of drug-likeness (QED) is 0.490. The lowest BCUT2D eigenvalue weighted by Crippen LogP contribution is -2.24. The average Bonchev–Trinajstić information content (AvgIpc) is 2.72. The number of hydrogen-bond acceptors (Lipinski definition) is 6. The molecule has 1 heterocycles. The van der Waals surface area contributed by atoms with E-state index in [1.54, 1.807) is 19.1 Å². The smallest absolute Gasteiger partial charge is 0.278 e. The highest BCUT2D eigenvalue weighted by molar-refractivity contribution is 8.00. The largest absolute Gasteiger partial charge is 0.325 e. The Balaban J connectivity index is 1.79. The van der Waals surface area contributed by atoms with Crippen molar-refractivity contribution in [2.75, 3.05) is 10.6 Å². The fraction of sp³-hybridized carbons (Fsp3) is 0.261. The first-order valence-corrected chi connectivity index (χ1v) is 10.9. The lowest BCUT2D eigenvalue weighted by atomic mass is 10.1. The predicted molar refractivity (Wildman–Crippen MR) is 127 cm³/mol. The second-order valence-corrected chi connectivity index (χ2v) is 8.88. The molecule has 0 aliphatic carbocycles. The Hall–Kier alpha value is -3.46. The molecule has 1 aromatic heterocycles. The number of aromatic amines is 1. The predicted octanol–water partition coefficient (Wildman–Crippen LogP) is 3.83. The summed E-state index contributed by atoms with van der Waals surface area (Å²) in [6, 6.07) is 11.2. The molecule has 2 amide bonds. The third kappa shape index (κ3) is 5.42. The number of carbonyl (C=O) groups is 2. The van der Waals surface area contributed by atoms with E-state index in [9.17, 15) is 14.4 Å². The van der Waals surface area contributed by atoms with Gasteiger partial charge in [0.25, 0.3) is 5.56 Å². The molecule has 0 aliphatic heterocycles.